The maximum absolute atomic E-state index is 4.79. The van der Waals surface area contributed by atoms with E-state index in [9.17, 15) is 0 Å². The summed E-state index contributed by atoms with van der Waals surface area (Å²) < 4.78 is 1.81. The fourth-order valence-corrected chi connectivity index (χ4v) is 4.33. The van der Waals surface area contributed by atoms with Gasteiger partial charge in [-0.2, -0.15) is 5.10 Å². The molecule has 4 heteroatoms. The van der Waals surface area contributed by atoms with E-state index in [0.717, 1.165) is 22.3 Å². The van der Waals surface area contributed by atoms with Gasteiger partial charge in [-0.05, 0) is 39.9 Å². The zero-order chi connectivity index (χ0) is 22.0. The average molecular weight is 615 g/mol. The van der Waals surface area contributed by atoms with Gasteiger partial charge in [0.25, 0.3) is 0 Å². The molecule has 34 heavy (non-hydrogen) atoms. The van der Waals surface area contributed by atoms with Gasteiger partial charge in [-0.3, -0.25) is 4.98 Å². The summed E-state index contributed by atoms with van der Waals surface area (Å²) in [4.78, 5) is 4.79. The van der Waals surface area contributed by atoms with Gasteiger partial charge in [-0.25, -0.2) is 4.52 Å². The number of nitrogens with zero attached hydrogens (tertiary/aromatic N) is 3. The van der Waals surface area contributed by atoms with E-state index in [1.54, 1.807) is 4.52 Å². The van der Waals surface area contributed by atoms with Crippen LogP contribution < -0.4 is 0 Å². The van der Waals surface area contributed by atoms with Crippen LogP contribution in [-0.4, -0.2) is 14.6 Å². The van der Waals surface area contributed by atoms with Gasteiger partial charge in [0, 0.05) is 26.3 Å². The molecule has 0 saturated carbocycles. The predicted molar refractivity (Wildman–Crippen MR) is 134 cm³/mol. The van der Waals surface area contributed by atoms with Gasteiger partial charge in [0.2, 0.25) is 0 Å². The van der Waals surface area contributed by atoms with Crippen LogP contribution in [-0.2, 0) is 20.1 Å². The van der Waals surface area contributed by atoms with E-state index < -0.39 is 0 Å². The smallest absolute Gasteiger partial charge is 0.145 e. The van der Waals surface area contributed by atoms with Gasteiger partial charge >= 0.3 is 0 Å². The summed E-state index contributed by atoms with van der Waals surface area (Å²) in [5, 5.41) is 4.75. The Balaban J connectivity index is 0.00000241. The predicted octanol–water partition coefficient (Wildman–Crippen LogP) is 7.19. The third-order valence-corrected chi connectivity index (χ3v) is 5.82. The minimum Gasteiger partial charge on any atom is -0.258 e. The van der Waals surface area contributed by atoms with Crippen LogP contribution in [0.3, 0.4) is 0 Å². The Morgan fingerprint density at radius 3 is 1.85 bits per heavy atom. The molecule has 0 bridgehead atoms. The third-order valence-electron chi connectivity index (χ3n) is 5.82. The van der Waals surface area contributed by atoms with E-state index >= 15 is 0 Å². The number of hydrogen-bond donors (Lipinski definition) is 0. The molecule has 0 atom stereocenters. The molecule has 0 N–H and O–H groups in total. The normalized spacial score (nSPS) is 10.7. The quantitative estimate of drug-likeness (QED) is 0.197. The zero-order valence-electron chi connectivity index (χ0n) is 18.2. The first-order chi connectivity index (χ1) is 16.4. The summed E-state index contributed by atoms with van der Waals surface area (Å²) in [6.45, 7) is 0. The Morgan fingerprint density at radius 1 is 0.588 bits per heavy atom. The van der Waals surface area contributed by atoms with Gasteiger partial charge in [0.15, 0.2) is 0 Å². The summed E-state index contributed by atoms with van der Waals surface area (Å²) in [5.41, 5.74) is 8.60. The maximum Gasteiger partial charge on any atom is 0.145 e. The first-order valence-electron chi connectivity index (χ1n) is 11.0. The van der Waals surface area contributed by atoms with E-state index in [2.05, 4.69) is 78.9 Å². The number of aromatic nitrogens is 3. The van der Waals surface area contributed by atoms with Gasteiger partial charge in [-0.15, -0.1) is 24.3 Å². The molecule has 165 valence electrons. The molecule has 2 heterocycles. The van der Waals surface area contributed by atoms with Crippen LogP contribution in [0.2, 0.25) is 0 Å². The second kappa shape index (κ2) is 9.56. The monoisotopic (exact) mass is 615 g/mol. The fourth-order valence-electron chi connectivity index (χ4n) is 4.33. The largest absolute Gasteiger partial charge is 0.258 e. The van der Waals surface area contributed by atoms with Crippen molar-refractivity contribution < 1.29 is 20.1 Å². The third kappa shape index (κ3) is 3.99. The molecule has 0 spiro atoms. The van der Waals surface area contributed by atoms with E-state index in [1.807, 2.05) is 48.7 Å². The molecule has 1 radical (unpaired) electrons. The molecule has 3 nitrogen and oxygen atoms in total. The van der Waals surface area contributed by atoms with Crippen molar-refractivity contribution in [3.05, 3.63) is 128 Å². The second-order valence-electron chi connectivity index (χ2n) is 7.86. The Morgan fingerprint density at radius 2 is 1.21 bits per heavy atom. The first-order valence-corrected chi connectivity index (χ1v) is 11.0. The van der Waals surface area contributed by atoms with E-state index in [-0.39, 0.29) is 20.1 Å². The molecule has 6 aromatic rings. The molecular formula is C30H20IrN3-. The molecule has 0 amide bonds. The summed E-state index contributed by atoms with van der Waals surface area (Å²) in [5.74, 6) is 0.665. The molecule has 2 aromatic heterocycles. The SMILES string of the molecule is [Ir].[c-]1cccc(-c2c(-c3ccccc3)cccc2-c2ccccc2)c1-c1nc2ccccn2n1. The molecule has 0 saturated heterocycles. The van der Waals surface area contributed by atoms with Crippen molar-refractivity contribution in [2.24, 2.45) is 0 Å². The summed E-state index contributed by atoms with van der Waals surface area (Å²) in [6.07, 6.45) is 1.92. The molecule has 0 unspecified atom stereocenters. The topological polar surface area (TPSA) is 30.2 Å². The minimum absolute atomic E-state index is 0. The molecular weight excluding hydrogens is 595 g/mol. The van der Waals surface area contributed by atoms with Crippen LogP contribution in [0.15, 0.2) is 121 Å². The van der Waals surface area contributed by atoms with Gasteiger partial charge in [0.05, 0.1) is 5.82 Å². The average Bonchev–Trinajstić information content (AvgIpc) is 3.34. The van der Waals surface area contributed by atoms with E-state index in [0.29, 0.717) is 5.82 Å². The Labute approximate surface area is 212 Å². The molecule has 0 fully saturated rings. The Hall–Kier alpha value is -3.85. The molecule has 0 aliphatic heterocycles. The second-order valence-corrected chi connectivity index (χ2v) is 7.86. The van der Waals surface area contributed by atoms with Gasteiger partial charge in [0.1, 0.15) is 5.65 Å². The van der Waals surface area contributed by atoms with Crippen LogP contribution in [0, 0.1) is 6.07 Å². The van der Waals surface area contributed by atoms with Crippen molar-refractivity contribution in [1.29, 1.82) is 0 Å². The van der Waals surface area contributed by atoms with Crippen LogP contribution >= 0.6 is 0 Å². The van der Waals surface area contributed by atoms with Gasteiger partial charge < -0.3 is 0 Å². The zero-order valence-corrected chi connectivity index (χ0v) is 20.6. The number of benzene rings is 4. The summed E-state index contributed by atoms with van der Waals surface area (Å²) in [7, 11) is 0. The minimum atomic E-state index is 0. The van der Waals surface area contributed by atoms with E-state index in [1.165, 1.54) is 22.3 Å². The summed E-state index contributed by atoms with van der Waals surface area (Å²) in [6, 6.07) is 43.0. The van der Waals surface area contributed by atoms with Crippen LogP contribution in [0.4, 0.5) is 0 Å². The van der Waals surface area contributed by atoms with Gasteiger partial charge in [-0.1, -0.05) is 96.1 Å². The molecule has 6 rings (SSSR count). The number of fused-ring (bicyclic) bond motifs is 1. The number of rotatable bonds is 4. The Kier molecular flexibility index (Phi) is 6.18. The van der Waals surface area contributed by atoms with Crippen molar-refractivity contribution in [3.8, 4) is 44.8 Å². The van der Waals surface area contributed by atoms with Crippen LogP contribution in [0.25, 0.3) is 50.4 Å². The standard InChI is InChI=1S/C30H20N3.Ir/c1-3-12-22(13-4-1)24-18-11-19-25(23-14-5-2-6-15-23)29(24)26-16-7-8-17-27(26)30-31-28-20-9-10-21-33(28)32-30;/h1-16,18-21H;/q-1;. The Bertz CT molecular complexity index is 1470. The molecule has 4 aromatic carbocycles. The van der Waals surface area contributed by atoms with E-state index in [4.69, 9.17) is 10.1 Å². The number of hydrogen-bond acceptors (Lipinski definition) is 2. The fraction of sp³-hybridized carbons (Fsp3) is 0. The van der Waals surface area contributed by atoms with Crippen molar-refractivity contribution in [2.75, 3.05) is 0 Å². The van der Waals surface area contributed by atoms with Crippen LogP contribution in [0.5, 0.6) is 0 Å². The van der Waals surface area contributed by atoms with Crippen molar-refractivity contribution in [3.63, 3.8) is 0 Å². The number of pyridine rings is 1. The van der Waals surface area contributed by atoms with Crippen molar-refractivity contribution in [2.45, 2.75) is 0 Å². The maximum atomic E-state index is 4.79. The first kappa shape index (κ1) is 22.0. The summed E-state index contributed by atoms with van der Waals surface area (Å²) >= 11 is 0. The van der Waals surface area contributed by atoms with Crippen molar-refractivity contribution in [1.82, 2.24) is 14.6 Å². The molecule has 0 aliphatic carbocycles. The van der Waals surface area contributed by atoms with Crippen molar-refractivity contribution >= 4 is 5.65 Å². The van der Waals surface area contributed by atoms with Crippen LogP contribution in [0.1, 0.15) is 0 Å². The molecule has 0 aliphatic rings.